The average molecular weight is 357 g/mol. The van der Waals surface area contributed by atoms with Gasteiger partial charge in [0.05, 0.1) is 0 Å². The summed E-state index contributed by atoms with van der Waals surface area (Å²) in [5, 5.41) is 9.18. The predicted molar refractivity (Wildman–Crippen MR) is 76.4 cm³/mol. The van der Waals surface area contributed by atoms with Crippen LogP contribution in [0.15, 0.2) is 0 Å². The molecule has 0 amide bonds. The molecule has 10 heteroatoms. The highest BCUT2D eigenvalue weighted by atomic mass is 16.8. The van der Waals surface area contributed by atoms with Gasteiger partial charge in [-0.25, -0.2) is 0 Å². The lowest BCUT2D eigenvalue weighted by atomic mass is 9.98. The van der Waals surface area contributed by atoms with Crippen molar-refractivity contribution in [2.24, 2.45) is 0 Å². The van der Waals surface area contributed by atoms with E-state index < -0.39 is 54.4 Å². The molecule has 2 heterocycles. The van der Waals surface area contributed by atoms with Gasteiger partial charge in [0, 0.05) is 27.7 Å². The standard InChI is InChI=1S/C15H19NO9/c1-7(17)20-5-10-11(21-8(2)18)12(22-9(3)19)13-14(23-10)25-15(4,6-16)24-13/h10-14H,5H2,1-4H3/t10-,11-,12+,13+,14+,15+/m1/s1. The predicted octanol–water partition coefficient (Wildman–Crippen LogP) is -0.207. The van der Waals surface area contributed by atoms with E-state index in [1.165, 1.54) is 27.7 Å². The number of fused-ring (bicyclic) bond motifs is 1. The Bertz CT molecular complexity index is 600. The number of hydrogen-bond donors (Lipinski definition) is 0. The largest absolute Gasteiger partial charge is 0.463 e. The third kappa shape index (κ3) is 4.45. The van der Waals surface area contributed by atoms with Crippen molar-refractivity contribution in [2.75, 3.05) is 6.61 Å². The lowest BCUT2D eigenvalue weighted by molar-refractivity contribution is -0.265. The maximum absolute atomic E-state index is 11.5. The second-order valence-corrected chi connectivity index (χ2v) is 5.75. The first-order valence-corrected chi connectivity index (χ1v) is 7.55. The normalized spacial score (nSPS) is 36.7. The van der Waals surface area contributed by atoms with Gasteiger partial charge < -0.3 is 28.4 Å². The Labute approximate surface area is 143 Å². The highest BCUT2D eigenvalue weighted by Gasteiger charge is 2.59. The van der Waals surface area contributed by atoms with Crippen molar-refractivity contribution < 1.29 is 42.8 Å². The molecular formula is C15H19NO9. The van der Waals surface area contributed by atoms with Gasteiger partial charge in [-0.2, -0.15) is 5.26 Å². The molecule has 2 saturated heterocycles. The topological polar surface area (TPSA) is 130 Å². The lowest BCUT2D eigenvalue weighted by Gasteiger charge is -2.40. The van der Waals surface area contributed by atoms with Crippen LogP contribution in [0.25, 0.3) is 0 Å². The highest BCUT2D eigenvalue weighted by molar-refractivity contribution is 5.67. The van der Waals surface area contributed by atoms with E-state index in [4.69, 9.17) is 28.4 Å². The van der Waals surface area contributed by atoms with Crippen molar-refractivity contribution >= 4 is 17.9 Å². The molecule has 10 nitrogen and oxygen atoms in total. The van der Waals surface area contributed by atoms with Crippen LogP contribution in [0.5, 0.6) is 0 Å². The second-order valence-electron chi connectivity index (χ2n) is 5.75. The van der Waals surface area contributed by atoms with Gasteiger partial charge in [-0.3, -0.25) is 14.4 Å². The van der Waals surface area contributed by atoms with Crippen LogP contribution < -0.4 is 0 Å². The minimum absolute atomic E-state index is 0.263. The molecule has 138 valence electrons. The summed E-state index contributed by atoms with van der Waals surface area (Å²) in [5.74, 6) is -3.49. The van der Waals surface area contributed by atoms with Crippen LogP contribution in [-0.4, -0.2) is 61.0 Å². The molecule has 0 spiro atoms. The molecule has 0 aromatic heterocycles. The van der Waals surface area contributed by atoms with E-state index in [9.17, 15) is 19.6 Å². The van der Waals surface area contributed by atoms with Crippen molar-refractivity contribution in [3.8, 4) is 6.07 Å². The summed E-state index contributed by atoms with van der Waals surface area (Å²) >= 11 is 0. The Kier molecular flexibility index (Phi) is 5.62. The molecule has 0 aromatic carbocycles. The van der Waals surface area contributed by atoms with Gasteiger partial charge in [-0.15, -0.1) is 0 Å². The molecule has 0 radical (unpaired) electrons. The zero-order chi connectivity index (χ0) is 18.8. The van der Waals surface area contributed by atoms with E-state index in [1.807, 2.05) is 6.07 Å². The van der Waals surface area contributed by atoms with E-state index in [0.29, 0.717) is 0 Å². The molecule has 0 aromatic rings. The summed E-state index contributed by atoms with van der Waals surface area (Å²) in [6.45, 7) is 4.67. The summed E-state index contributed by atoms with van der Waals surface area (Å²) in [7, 11) is 0. The molecule has 2 rings (SSSR count). The van der Waals surface area contributed by atoms with E-state index in [1.54, 1.807) is 0 Å². The third-order valence-electron chi connectivity index (χ3n) is 3.55. The van der Waals surface area contributed by atoms with E-state index in [-0.39, 0.29) is 6.61 Å². The highest BCUT2D eigenvalue weighted by Crippen LogP contribution is 2.38. The van der Waals surface area contributed by atoms with Crippen LogP contribution in [0.4, 0.5) is 0 Å². The van der Waals surface area contributed by atoms with Crippen molar-refractivity contribution in [3.05, 3.63) is 0 Å². The minimum Gasteiger partial charge on any atom is -0.463 e. The van der Waals surface area contributed by atoms with Gasteiger partial charge in [0.2, 0.25) is 0 Å². The summed E-state index contributed by atoms with van der Waals surface area (Å²) in [5.41, 5.74) is 0. The van der Waals surface area contributed by atoms with Gasteiger partial charge in [-0.1, -0.05) is 0 Å². The summed E-state index contributed by atoms with van der Waals surface area (Å²) in [6.07, 6.45) is -5.24. The smallest absolute Gasteiger partial charge is 0.303 e. The van der Waals surface area contributed by atoms with Gasteiger partial charge in [-0.05, 0) is 0 Å². The SMILES string of the molecule is CC(=O)OC[C@H]1O[C@H]2O[C@@](C)(C#N)O[C@H]2[C@@H](OC(C)=O)[C@@H]1OC(C)=O. The van der Waals surface area contributed by atoms with Crippen LogP contribution in [0.2, 0.25) is 0 Å². The zero-order valence-electron chi connectivity index (χ0n) is 14.2. The van der Waals surface area contributed by atoms with Gasteiger partial charge >= 0.3 is 17.9 Å². The summed E-state index contributed by atoms with van der Waals surface area (Å²) in [6, 6.07) is 1.83. The van der Waals surface area contributed by atoms with E-state index >= 15 is 0 Å². The number of hydrogen-bond acceptors (Lipinski definition) is 10. The second kappa shape index (κ2) is 7.35. The summed E-state index contributed by atoms with van der Waals surface area (Å²) in [4.78, 5) is 34.0. The Morgan fingerprint density at radius 1 is 1.04 bits per heavy atom. The number of esters is 3. The first-order chi connectivity index (χ1) is 11.6. The van der Waals surface area contributed by atoms with Crippen LogP contribution in [0.1, 0.15) is 27.7 Å². The first kappa shape index (κ1) is 19.1. The third-order valence-corrected chi connectivity index (χ3v) is 3.55. The van der Waals surface area contributed by atoms with E-state index in [2.05, 4.69) is 0 Å². The Morgan fingerprint density at radius 3 is 2.16 bits per heavy atom. The molecule has 2 aliphatic rings. The summed E-state index contributed by atoms with van der Waals surface area (Å²) < 4.78 is 31.9. The number of ether oxygens (including phenoxy) is 6. The van der Waals surface area contributed by atoms with Gasteiger partial charge in [0.25, 0.3) is 5.79 Å². The Balaban J connectivity index is 2.31. The van der Waals surface area contributed by atoms with Crippen LogP contribution in [0.3, 0.4) is 0 Å². The molecule has 0 unspecified atom stereocenters. The fraction of sp³-hybridized carbons (Fsp3) is 0.733. The fourth-order valence-corrected chi connectivity index (χ4v) is 2.65. The van der Waals surface area contributed by atoms with Crippen molar-refractivity contribution in [1.82, 2.24) is 0 Å². The molecule has 0 bridgehead atoms. The maximum atomic E-state index is 11.5. The van der Waals surface area contributed by atoms with Crippen molar-refractivity contribution in [1.29, 1.82) is 5.26 Å². The molecular weight excluding hydrogens is 338 g/mol. The Morgan fingerprint density at radius 2 is 1.64 bits per heavy atom. The number of carbonyl (C=O) groups excluding carboxylic acids is 3. The minimum atomic E-state index is -1.62. The number of nitriles is 1. The number of nitrogens with zero attached hydrogens (tertiary/aromatic N) is 1. The van der Waals surface area contributed by atoms with Crippen LogP contribution in [0, 0.1) is 11.3 Å². The monoisotopic (exact) mass is 357 g/mol. The van der Waals surface area contributed by atoms with Crippen LogP contribution >= 0.6 is 0 Å². The molecule has 0 aliphatic carbocycles. The maximum Gasteiger partial charge on any atom is 0.303 e. The molecule has 0 saturated carbocycles. The molecule has 2 fully saturated rings. The molecule has 6 atom stereocenters. The van der Waals surface area contributed by atoms with Crippen molar-refractivity contribution in [3.63, 3.8) is 0 Å². The Hall–Kier alpha value is -2.22. The quantitative estimate of drug-likeness (QED) is 0.492. The van der Waals surface area contributed by atoms with Gasteiger partial charge in [0.1, 0.15) is 18.8 Å². The van der Waals surface area contributed by atoms with Crippen molar-refractivity contribution in [2.45, 2.75) is 64.2 Å². The van der Waals surface area contributed by atoms with E-state index in [0.717, 1.165) is 0 Å². The molecule has 2 aliphatic heterocycles. The zero-order valence-corrected chi connectivity index (χ0v) is 14.2. The van der Waals surface area contributed by atoms with Gasteiger partial charge in [0.15, 0.2) is 24.6 Å². The first-order valence-electron chi connectivity index (χ1n) is 7.55. The van der Waals surface area contributed by atoms with Crippen LogP contribution in [-0.2, 0) is 42.8 Å². The average Bonchev–Trinajstić information content (AvgIpc) is 2.84. The molecule has 25 heavy (non-hydrogen) atoms. The fourth-order valence-electron chi connectivity index (χ4n) is 2.65. The lowest BCUT2D eigenvalue weighted by Crippen LogP contribution is -2.60. The number of rotatable bonds is 4. The number of carbonyl (C=O) groups is 3. The molecule has 0 N–H and O–H groups in total.